The van der Waals surface area contributed by atoms with Gasteiger partial charge in [0.2, 0.25) is 0 Å². The molecule has 0 spiro atoms. The standard InChI is InChI=1S/C16H14O4/c17-16(12-6-2-1-3-7-12)14-9-5-4-8-13(14)10-15-18-11-19-20-15/h1-9,15H,10-11H2. The summed E-state index contributed by atoms with van der Waals surface area (Å²) in [5.74, 6) is 0.000107. The van der Waals surface area contributed by atoms with Crippen molar-refractivity contribution in [2.45, 2.75) is 12.7 Å². The molecule has 0 N–H and O–H groups in total. The summed E-state index contributed by atoms with van der Waals surface area (Å²) < 4.78 is 5.24. The Bertz CT molecular complexity index is 588. The molecule has 1 saturated heterocycles. The number of rotatable bonds is 4. The number of hydrogen-bond acceptors (Lipinski definition) is 4. The van der Waals surface area contributed by atoms with Gasteiger partial charge in [-0.05, 0) is 5.56 Å². The average Bonchev–Trinajstić information content (AvgIpc) is 3.01. The van der Waals surface area contributed by atoms with Gasteiger partial charge in [-0.3, -0.25) is 4.79 Å². The predicted octanol–water partition coefficient (Wildman–Crippen LogP) is 2.72. The lowest BCUT2D eigenvalue weighted by Crippen LogP contribution is -2.14. The van der Waals surface area contributed by atoms with E-state index in [1.807, 2.05) is 54.6 Å². The van der Waals surface area contributed by atoms with Gasteiger partial charge < -0.3 is 4.74 Å². The van der Waals surface area contributed by atoms with Crippen LogP contribution >= 0.6 is 0 Å². The third-order valence-corrected chi connectivity index (χ3v) is 3.16. The third kappa shape index (κ3) is 2.77. The molecule has 4 nitrogen and oxygen atoms in total. The van der Waals surface area contributed by atoms with Crippen LogP contribution in [0.4, 0.5) is 0 Å². The van der Waals surface area contributed by atoms with Crippen LogP contribution < -0.4 is 0 Å². The normalized spacial score (nSPS) is 18.1. The van der Waals surface area contributed by atoms with Crippen LogP contribution in [0.3, 0.4) is 0 Å². The van der Waals surface area contributed by atoms with Gasteiger partial charge >= 0.3 is 0 Å². The largest absolute Gasteiger partial charge is 0.320 e. The second-order valence-electron chi connectivity index (χ2n) is 4.48. The molecule has 1 fully saturated rings. The summed E-state index contributed by atoms with van der Waals surface area (Å²) in [4.78, 5) is 22.2. The molecule has 0 amide bonds. The maximum absolute atomic E-state index is 12.5. The van der Waals surface area contributed by atoms with Gasteiger partial charge in [-0.15, -0.1) is 0 Å². The minimum atomic E-state index is -0.459. The van der Waals surface area contributed by atoms with Crippen LogP contribution in [0, 0.1) is 0 Å². The molecule has 1 atom stereocenters. The summed E-state index contributed by atoms with van der Waals surface area (Å²) in [6.45, 7) is 0.124. The van der Waals surface area contributed by atoms with Gasteiger partial charge in [-0.25, -0.2) is 9.78 Å². The van der Waals surface area contributed by atoms with Crippen molar-refractivity contribution in [1.82, 2.24) is 0 Å². The number of carbonyl (C=O) groups excluding carboxylic acids is 1. The zero-order valence-corrected chi connectivity index (χ0v) is 10.8. The fraction of sp³-hybridized carbons (Fsp3) is 0.188. The molecular weight excluding hydrogens is 256 g/mol. The zero-order chi connectivity index (χ0) is 13.8. The summed E-state index contributed by atoms with van der Waals surface area (Å²) in [6, 6.07) is 16.7. The van der Waals surface area contributed by atoms with E-state index in [-0.39, 0.29) is 12.6 Å². The minimum Gasteiger partial charge on any atom is -0.320 e. The van der Waals surface area contributed by atoms with Gasteiger partial charge in [-0.1, -0.05) is 54.6 Å². The fourth-order valence-corrected chi connectivity index (χ4v) is 2.17. The monoisotopic (exact) mass is 270 g/mol. The van der Waals surface area contributed by atoms with Crippen molar-refractivity contribution in [3.8, 4) is 0 Å². The molecular formula is C16H14O4. The summed E-state index contributed by atoms with van der Waals surface area (Å²) >= 11 is 0. The van der Waals surface area contributed by atoms with Crippen molar-refractivity contribution < 1.29 is 19.3 Å². The highest BCUT2D eigenvalue weighted by Crippen LogP contribution is 2.19. The number of benzene rings is 2. The summed E-state index contributed by atoms with van der Waals surface area (Å²) in [5, 5.41) is 0. The number of ether oxygens (including phenoxy) is 1. The first-order valence-corrected chi connectivity index (χ1v) is 6.42. The molecule has 2 aromatic rings. The molecule has 3 rings (SSSR count). The van der Waals surface area contributed by atoms with Crippen molar-refractivity contribution in [3.05, 3.63) is 71.3 Å². The molecule has 4 heteroatoms. The highest BCUT2D eigenvalue weighted by Gasteiger charge is 2.21. The van der Waals surface area contributed by atoms with E-state index in [4.69, 9.17) is 14.5 Å². The van der Waals surface area contributed by atoms with Crippen LogP contribution in [0.1, 0.15) is 21.5 Å². The van der Waals surface area contributed by atoms with E-state index in [0.29, 0.717) is 17.5 Å². The van der Waals surface area contributed by atoms with E-state index in [1.54, 1.807) is 0 Å². The minimum absolute atomic E-state index is 0.000107. The Morgan fingerprint density at radius 2 is 1.80 bits per heavy atom. The maximum Gasteiger partial charge on any atom is 0.198 e. The molecule has 102 valence electrons. The Hall–Kier alpha value is -2.01. The summed E-state index contributed by atoms with van der Waals surface area (Å²) in [7, 11) is 0. The van der Waals surface area contributed by atoms with Crippen molar-refractivity contribution >= 4 is 5.78 Å². The van der Waals surface area contributed by atoms with Crippen LogP contribution in [0.5, 0.6) is 0 Å². The van der Waals surface area contributed by atoms with E-state index in [1.165, 1.54) is 0 Å². The van der Waals surface area contributed by atoms with Crippen molar-refractivity contribution in [2.24, 2.45) is 0 Å². The average molecular weight is 270 g/mol. The first-order chi connectivity index (χ1) is 9.84. The highest BCUT2D eigenvalue weighted by molar-refractivity contribution is 6.09. The Balaban J connectivity index is 1.87. The maximum atomic E-state index is 12.5. The second kappa shape index (κ2) is 5.96. The molecule has 2 aromatic carbocycles. The smallest absolute Gasteiger partial charge is 0.198 e. The Kier molecular flexibility index (Phi) is 3.87. The second-order valence-corrected chi connectivity index (χ2v) is 4.48. The van der Waals surface area contributed by atoms with E-state index in [0.717, 1.165) is 5.56 Å². The quantitative estimate of drug-likeness (QED) is 0.633. The molecule has 1 aliphatic heterocycles. The van der Waals surface area contributed by atoms with E-state index in [9.17, 15) is 4.79 Å². The molecule has 0 aromatic heterocycles. The molecule has 1 unspecified atom stereocenters. The lowest BCUT2D eigenvalue weighted by Gasteiger charge is -2.11. The number of hydrogen-bond donors (Lipinski definition) is 0. The first-order valence-electron chi connectivity index (χ1n) is 6.42. The molecule has 0 saturated carbocycles. The summed E-state index contributed by atoms with van der Waals surface area (Å²) in [6.07, 6.45) is 0.0223. The molecule has 1 aliphatic rings. The van der Waals surface area contributed by atoms with Crippen LogP contribution in [-0.4, -0.2) is 18.9 Å². The van der Waals surface area contributed by atoms with E-state index >= 15 is 0 Å². The van der Waals surface area contributed by atoms with Gasteiger partial charge in [0.05, 0.1) is 0 Å². The van der Waals surface area contributed by atoms with Gasteiger partial charge in [0.25, 0.3) is 0 Å². The van der Waals surface area contributed by atoms with Crippen molar-refractivity contribution in [1.29, 1.82) is 0 Å². The van der Waals surface area contributed by atoms with Crippen LogP contribution in [0.2, 0.25) is 0 Å². The Morgan fingerprint density at radius 1 is 1.05 bits per heavy atom. The van der Waals surface area contributed by atoms with Crippen LogP contribution in [-0.2, 0) is 20.9 Å². The molecule has 0 radical (unpaired) electrons. The molecule has 1 heterocycles. The Labute approximate surface area is 116 Å². The van der Waals surface area contributed by atoms with Gasteiger partial charge in [0.1, 0.15) is 0 Å². The molecule has 0 aliphatic carbocycles. The SMILES string of the molecule is O=C(c1ccccc1)c1ccccc1CC1OCOO1. The highest BCUT2D eigenvalue weighted by atomic mass is 17.3. The third-order valence-electron chi connectivity index (χ3n) is 3.16. The van der Waals surface area contributed by atoms with Crippen LogP contribution in [0.15, 0.2) is 54.6 Å². The number of ketones is 1. The van der Waals surface area contributed by atoms with Crippen molar-refractivity contribution in [2.75, 3.05) is 6.79 Å². The van der Waals surface area contributed by atoms with E-state index in [2.05, 4.69) is 0 Å². The van der Waals surface area contributed by atoms with Crippen LogP contribution in [0.25, 0.3) is 0 Å². The summed E-state index contributed by atoms with van der Waals surface area (Å²) in [5.41, 5.74) is 2.22. The lowest BCUT2D eigenvalue weighted by atomic mass is 9.96. The first kappa shape index (κ1) is 13.0. The van der Waals surface area contributed by atoms with Crippen molar-refractivity contribution in [3.63, 3.8) is 0 Å². The van der Waals surface area contributed by atoms with Gasteiger partial charge in [0.15, 0.2) is 18.9 Å². The predicted molar refractivity (Wildman–Crippen MR) is 71.9 cm³/mol. The van der Waals surface area contributed by atoms with Gasteiger partial charge in [-0.2, -0.15) is 0 Å². The van der Waals surface area contributed by atoms with Gasteiger partial charge in [0, 0.05) is 17.5 Å². The Morgan fingerprint density at radius 3 is 2.55 bits per heavy atom. The lowest BCUT2D eigenvalue weighted by molar-refractivity contribution is -0.276. The van der Waals surface area contributed by atoms with E-state index < -0.39 is 6.29 Å². The fourth-order valence-electron chi connectivity index (χ4n) is 2.17. The number of carbonyl (C=O) groups is 1. The molecule has 20 heavy (non-hydrogen) atoms. The zero-order valence-electron chi connectivity index (χ0n) is 10.8. The molecule has 0 bridgehead atoms. The topological polar surface area (TPSA) is 44.8 Å².